The van der Waals surface area contributed by atoms with E-state index in [0.29, 0.717) is 0 Å². The fourth-order valence-corrected chi connectivity index (χ4v) is 1.27. The Morgan fingerprint density at radius 2 is 1.67 bits per heavy atom. The summed E-state index contributed by atoms with van der Waals surface area (Å²) in [5, 5.41) is 0. The van der Waals surface area contributed by atoms with Crippen molar-refractivity contribution < 1.29 is 9.47 Å². The molecule has 0 spiro atoms. The fraction of sp³-hybridized carbons (Fsp3) is 0.538. The molecule has 0 aliphatic heterocycles. The summed E-state index contributed by atoms with van der Waals surface area (Å²) in [6, 6.07) is 0. The van der Waals surface area contributed by atoms with Gasteiger partial charge in [-0.05, 0) is 32.4 Å². The van der Waals surface area contributed by atoms with Gasteiger partial charge in [-0.1, -0.05) is 18.9 Å². The topological polar surface area (TPSA) is 18.5 Å². The van der Waals surface area contributed by atoms with Gasteiger partial charge < -0.3 is 9.47 Å². The minimum Gasteiger partial charge on any atom is -0.497 e. The lowest BCUT2D eigenvalue weighted by atomic mass is 10.1. The molecule has 0 aliphatic rings. The molecule has 0 aromatic rings. The van der Waals surface area contributed by atoms with Crippen molar-refractivity contribution in [2.45, 2.75) is 33.6 Å². The SMILES string of the molecule is C\C=C(/C=C(\C=C(/C)CCC)OC)OC. The van der Waals surface area contributed by atoms with Gasteiger partial charge in [0, 0.05) is 6.08 Å². The highest BCUT2D eigenvalue weighted by Crippen LogP contribution is 2.11. The summed E-state index contributed by atoms with van der Waals surface area (Å²) in [5.74, 6) is 1.64. The minimum absolute atomic E-state index is 0.812. The number of methoxy groups -OCH3 is 2. The van der Waals surface area contributed by atoms with E-state index in [1.807, 2.05) is 25.2 Å². The molecule has 0 aromatic carbocycles. The maximum atomic E-state index is 5.27. The lowest BCUT2D eigenvalue weighted by Crippen LogP contribution is -1.89. The quantitative estimate of drug-likeness (QED) is 0.490. The van der Waals surface area contributed by atoms with Crippen LogP contribution in [0.25, 0.3) is 0 Å². The lowest BCUT2D eigenvalue weighted by molar-refractivity contribution is 0.284. The molecular weight excluding hydrogens is 188 g/mol. The summed E-state index contributed by atoms with van der Waals surface area (Å²) in [7, 11) is 3.33. The van der Waals surface area contributed by atoms with Gasteiger partial charge in [0.05, 0.1) is 14.2 Å². The molecule has 0 aliphatic carbocycles. The molecule has 0 aromatic heterocycles. The third-order valence-corrected chi connectivity index (χ3v) is 2.07. The van der Waals surface area contributed by atoms with Crippen LogP contribution in [-0.4, -0.2) is 14.2 Å². The number of hydrogen-bond donors (Lipinski definition) is 0. The van der Waals surface area contributed by atoms with Crippen LogP contribution in [0.2, 0.25) is 0 Å². The van der Waals surface area contributed by atoms with Gasteiger partial charge in [-0.25, -0.2) is 0 Å². The summed E-state index contributed by atoms with van der Waals surface area (Å²) in [6.07, 6.45) is 8.09. The van der Waals surface area contributed by atoms with E-state index in [0.717, 1.165) is 24.4 Å². The van der Waals surface area contributed by atoms with Crippen LogP contribution in [-0.2, 0) is 9.47 Å². The fourth-order valence-electron chi connectivity index (χ4n) is 1.27. The third-order valence-electron chi connectivity index (χ3n) is 2.07. The molecule has 0 rings (SSSR count). The van der Waals surface area contributed by atoms with E-state index in [4.69, 9.17) is 9.47 Å². The van der Waals surface area contributed by atoms with Crippen LogP contribution < -0.4 is 0 Å². The molecule has 0 radical (unpaired) electrons. The van der Waals surface area contributed by atoms with E-state index in [-0.39, 0.29) is 0 Å². The van der Waals surface area contributed by atoms with Crippen molar-refractivity contribution in [2.75, 3.05) is 14.2 Å². The molecule has 0 atom stereocenters. The van der Waals surface area contributed by atoms with Crippen molar-refractivity contribution in [3.8, 4) is 0 Å². The van der Waals surface area contributed by atoms with Crippen LogP contribution in [0.15, 0.2) is 35.3 Å². The Morgan fingerprint density at radius 1 is 1.07 bits per heavy atom. The van der Waals surface area contributed by atoms with Gasteiger partial charge in [-0.2, -0.15) is 0 Å². The Balaban J connectivity index is 4.68. The highest BCUT2D eigenvalue weighted by molar-refractivity contribution is 5.25. The Hall–Kier alpha value is -1.18. The van der Waals surface area contributed by atoms with Crippen molar-refractivity contribution in [3.63, 3.8) is 0 Å². The number of hydrogen-bond acceptors (Lipinski definition) is 2. The van der Waals surface area contributed by atoms with E-state index in [2.05, 4.69) is 13.8 Å². The molecule has 0 bridgehead atoms. The van der Waals surface area contributed by atoms with Crippen molar-refractivity contribution in [1.29, 1.82) is 0 Å². The Labute approximate surface area is 93.3 Å². The first kappa shape index (κ1) is 13.8. The zero-order valence-corrected chi connectivity index (χ0v) is 10.5. The second-order valence-electron chi connectivity index (χ2n) is 3.39. The maximum Gasteiger partial charge on any atom is 0.122 e. The predicted octanol–water partition coefficient (Wildman–Crippen LogP) is 3.81. The summed E-state index contributed by atoms with van der Waals surface area (Å²) in [4.78, 5) is 0. The van der Waals surface area contributed by atoms with Crippen molar-refractivity contribution in [3.05, 3.63) is 35.3 Å². The molecule has 2 heteroatoms. The standard InChI is InChI=1S/C13H22O2/c1-6-8-11(3)9-13(15-5)10-12(7-2)14-4/h7,9-10H,6,8H2,1-5H3/b11-9+,12-7+,13-10+. The van der Waals surface area contributed by atoms with Gasteiger partial charge in [0.1, 0.15) is 11.5 Å². The minimum atomic E-state index is 0.812. The smallest absolute Gasteiger partial charge is 0.122 e. The monoisotopic (exact) mass is 210 g/mol. The van der Waals surface area contributed by atoms with Crippen molar-refractivity contribution in [1.82, 2.24) is 0 Å². The molecule has 0 heterocycles. The molecule has 86 valence electrons. The van der Waals surface area contributed by atoms with E-state index in [1.165, 1.54) is 5.57 Å². The average molecular weight is 210 g/mol. The van der Waals surface area contributed by atoms with Crippen LogP contribution >= 0.6 is 0 Å². The Kier molecular flexibility index (Phi) is 7.51. The van der Waals surface area contributed by atoms with Gasteiger partial charge >= 0.3 is 0 Å². The largest absolute Gasteiger partial charge is 0.497 e. The summed E-state index contributed by atoms with van der Waals surface area (Å²) in [5.41, 5.74) is 1.32. The zero-order chi connectivity index (χ0) is 11.7. The first-order valence-electron chi connectivity index (χ1n) is 5.31. The second-order valence-corrected chi connectivity index (χ2v) is 3.39. The van der Waals surface area contributed by atoms with Crippen LogP contribution in [0.4, 0.5) is 0 Å². The number of rotatable bonds is 6. The average Bonchev–Trinajstić information content (AvgIpc) is 2.24. The summed E-state index contributed by atoms with van der Waals surface area (Å²) in [6.45, 7) is 6.21. The van der Waals surface area contributed by atoms with Crippen molar-refractivity contribution >= 4 is 0 Å². The Bertz CT molecular complexity index is 260. The van der Waals surface area contributed by atoms with Gasteiger partial charge in [-0.15, -0.1) is 0 Å². The van der Waals surface area contributed by atoms with E-state index in [9.17, 15) is 0 Å². The van der Waals surface area contributed by atoms with Gasteiger partial charge in [0.15, 0.2) is 0 Å². The lowest BCUT2D eigenvalue weighted by Gasteiger charge is -2.05. The highest BCUT2D eigenvalue weighted by atomic mass is 16.5. The first-order valence-corrected chi connectivity index (χ1v) is 5.31. The van der Waals surface area contributed by atoms with Crippen LogP contribution in [0, 0.1) is 0 Å². The van der Waals surface area contributed by atoms with E-state index >= 15 is 0 Å². The second kappa shape index (κ2) is 8.16. The molecule has 0 saturated heterocycles. The molecule has 0 N–H and O–H groups in total. The third kappa shape index (κ3) is 6.00. The van der Waals surface area contributed by atoms with Gasteiger partial charge in [-0.3, -0.25) is 0 Å². The summed E-state index contributed by atoms with van der Waals surface area (Å²) >= 11 is 0. The molecule has 0 amide bonds. The van der Waals surface area contributed by atoms with Crippen LogP contribution in [0.1, 0.15) is 33.6 Å². The first-order chi connectivity index (χ1) is 7.17. The number of allylic oxidation sites excluding steroid dienone is 4. The van der Waals surface area contributed by atoms with E-state index in [1.54, 1.807) is 14.2 Å². The zero-order valence-electron chi connectivity index (χ0n) is 10.5. The Morgan fingerprint density at radius 3 is 2.07 bits per heavy atom. The molecule has 0 saturated carbocycles. The summed E-state index contributed by atoms with van der Waals surface area (Å²) < 4.78 is 10.4. The maximum absolute atomic E-state index is 5.27. The molecule has 0 fully saturated rings. The molecular formula is C13H22O2. The van der Waals surface area contributed by atoms with Crippen LogP contribution in [0.5, 0.6) is 0 Å². The highest BCUT2D eigenvalue weighted by Gasteiger charge is 1.96. The molecule has 2 nitrogen and oxygen atoms in total. The van der Waals surface area contributed by atoms with Gasteiger partial charge in [0.2, 0.25) is 0 Å². The normalized spacial score (nSPS) is 14.1. The molecule has 15 heavy (non-hydrogen) atoms. The molecule has 0 unspecified atom stereocenters. The number of ether oxygens (including phenoxy) is 2. The van der Waals surface area contributed by atoms with Crippen molar-refractivity contribution in [2.24, 2.45) is 0 Å². The predicted molar refractivity (Wildman–Crippen MR) is 64.5 cm³/mol. The van der Waals surface area contributed by atoms with Crippen LogP contribution in [0.3, 0.4) is 0 Å². The van der Waals surface area contributed by atoms with Gasteiger partial charge in [0.25, 0.3) is 0 Å². The van der Waals surface area contributed by atoms with E-state index < -0.39 is 0 Å².